The molecule has 2 aromatic heterocycles. The summed E-state index contributed by atoms with van der Waals surface area (Å²) in [5.74, 6) is -0.918. The summed E-state index contributed by atoms with van der Waals surface area (Å²) in [6.07, 6.45) is -6.29. The van der Waals surface area contributed by atoms with Gasteiger partial charge in [0.15, 0.2) is 0 Å². The second kappa shape index (κ2) is 8.11. The zero-order chi connectivity index (χ0) is 23.1. The Balaban J connectivity index is 1.77. The third kappa shape index (κ3) is 4.56. The van der Waals surface area contributed by atoms with Crippen LogP contribution in [0.3, 0.4) is 0 Å². The normalized spacial score (nSPS) is 19.8. The van der Waals surface area contributed by atoms with Crippen LogP contribution in [0.4, 0.5) is 32.3 Å². The molecule has 2 heterocycles. The van der Waals surface area contributed by atoms with Crippen molar-refractivity contribution >= 4 is 11.5 Å². The van der Waals surface area contributed by atoms with E-state index < -0.39 is 30.0 Å². The van der Waals surface area contributed by atoms with Crippen molar-refractivity contribution < 1.29 is 36.2 Å². The Morgan fingerprint density at radius 1 is 1.03 bits per heavy atom. The zero-order valence-corrected chi connectivity index (χ0v) is 16.3. The fraction of sp³-hybridized carbons (Fsp3) is 0.421. The maximum atomic E-state index is 13.0. The third-order valence-electron chi connectivity index (χ3n) is 5.16. The highest BCUT2D eigenvalue weighted by atomic mass is 19.4. The monoisotopic (exact) mass is 461 g/mol. The van der Waals surface area contributed by atoms with Crippen molar-refractivity contribution in [1.82, 2.24) is 19.8 Å². The van der Waals surface area contributed by atoms with Crippen LogP contribution in [-0.2, 0) is 6.18 Å². The minimum absolute atomic E-state index is 0.143. The standard InChI is InChI=1S/C19H17F6N5O2/c20-18(21,22)10-5-6-11(15(9-10)32-19(23,24)25)16-13-7-8-26-30(13)17(29-28-16)27-12-3-1-2-4-14(12)31/h5-9,12,14,31H,1-4H2,(H,27,29)/t12-,14-/m1/s1. The van der Waals surface area contributed by atoms with E-state index in [1.54, 1.807) is 0 Å². The number of ether oxygens (including phenoxy) is 1. The molecule has 3 aromatic rings. The van der Waals surface area contributed by atoms with Crippen molar-refractivity contribution in [3.05, 3.63) is 36.0 Å². The summed E-state index contributed by atoms with van der Waals surface area (Å²) < 4.78 is 82.9. The van der Waals surface area contributed by atoms with Gasteiger partial charge in [0.1, 0.15) is 11.4 Å². The van der Waals surface area contributed by atoms with E-state index in [9.17, 15) is 31.4 Å². The first kappa shape index (κ1) is 22.1. The predicted octanol–water partition coefficient (Wildman–Crippen LogP) is 4.42. The average molecular weight is 461 g/mol. The van der Waals surface area contributed by atoms with Gasteiger partial charge in [-0.05, 0) is 37.1 Å². The minimum atomic E-state index is -5.22. The SMILES string of the molecule is O[C@@H]1CCCC[C@H]1Nc1nnc(-c2ccc(C(F)(F)F)cc2OC(F)(F)F)c2ccnn12. The van der Waals surface area contributed by atoms with Crippen LogP contribution in [-0.4, -0.2) is 43.4 Å². The van der Waals surface area contributed by atoms with Crippen molar-refractivity contribution in [1.29, 1.82) is 0 Å². The van der Waals surface area contributed by atoms with Gasteiger partial charge < -0.3 is 15.2 Å². The van der Waals surface area contributed by atoms with E-state index in [0.717, 1.165) is 18.9 Å². The van der Waals surface area contributed by atoms with Gasteiger partial charge in [0.2, 0.25) is 5.95 Å². The summed E-state index contributed by atoms with van der Waals surface area (Å²) >= 11 is 0. The van der Waals surface area contributed by atoms with Gasteiger partial charge in [-0.25, -0.2) is 0 Å². The largest absolute Gasteiger partial charge is 0.573 e. The maximum Gasteiger partial charge on any atom is 0.573 e. The van der Waals surface area contributed by atoms with Crippen molar-refractivity contribution in [2.75, 3.05) is 5.32 Å². The Morgan fingerprint density at radius 3 is 2.47 bits per heavy atom. The van der Waals surface area contributed by atoms with Gasteiger partial charge >= 0.3 is 12.5 Å². The molecule has 2 N–H and O–H groups in total. The second-order valence-electron chi connectivity index (χ2n) is 7.36. The number of benzene rings is 1. The van der Waals surface area contributed by atoms with E-state index >= 15 is 0 Å². The lowest BCUT2D eigenvalue weighted by Gasteiger charge is -2.28. The first-order valence-electron chi connectivity index (χ1n) is 9.65. The Bertz CT molecular complexity index is 1110. The molecule has 7 nitrogen and oxygen atoms in total. The van der Waals surface area contributed by atoms with E-state index in [1.807, 2.05) is 0 Å². The van der Waals surface area contributed by atoms with Crippen LogP contribution in [0.1, 0.15) is 31.2 Å². The topological polar surface area (TPSA) is 84.6 Å². The number of hydrogen-bond acceptors (Lipinski definition) is 6. The molecular weight excluding hydrogens is 444 g/mol. The van der Waals surface area contributed by atoms with E-state index in [1.165, 1.54) is 16.8 Å². The van der Waals surface area contributed by atoms with E-state index in [-0.39, 0.29) is 34.8 Å². The molecule has 0 radical (unpaired) electrons. The lowest BCUT2D eigenvalue weighted by Crippen LogP contribution is -2.37. The maximum absolute atomic E-state index is 13.0. The molecule has 1 aliphatic rings. The van der Waals surface area contributed by atoms with Gasteiger partial charge in [0.05, 0.1) is 29.4 Å². The number of hydrogen-bond donors (Lipinski definition) is 2. The highest BCUT2D eigenvalue weighted by Crippen LogP contribution is 2.40. The van der Waals surface area contributed by atoms with Crippen molar-refractivity contribution in [2.24, 2.45) is 0 Å². The van der Waals surface area contributed by atoms with Gasteiger partial charge in [0.25, 0.3) is 0 Å². The number of anilines is 1. The summed E-state index contributed by atoms with van der Waals surface area (Å²) in [7, 11) is 0. The molecule has 1 saturated carbocycles. The number of aromatic nitrogens is 4. The molecule has 0 amide bonds. The van der Waals surface area contributed by atoms with E-state index in [0.29, 0.717) is 18.9 Å². The lowest BCUT2D eigenvalue weighted by atomic mass is 9.93. The molecule has 172 valence electrons. The zero-order valence-electron chi connectivity index (χ0n) is 16.3. The number of aliphatic hydroxyl groups is 1. The van der Waals surface area contributed by atoms with Gasteiger partial charge in [-0.2, -0.15) is 22.8 Å². The first-order valence-corrected chi connectivity index (χ1v) is 9.65. The second-order valence-corrected chi connectivity index (χ2v) is 7.36. The fourth-order valence-corrected chi connectivity index (χ4v) is 3.67. The predicted molar refractivity (Wildman–Crippen MR) is 99.8 cm³/mol. The number of alkyl halides is 6. The van der Waals surface area contributed by atoms with Gasteiger partial charge in [-0.1, -0.05) is 12.8 Å². The molecule has 0 spiro atoms. The Labute approximate surface area is 177 Å². The summed E-state index contributed by atoms with van der Waals surface area (Å²) in [6, 6.07) is 2.87. The van der Waals surface area contributed by atoms with Crippen molar-refractivity contribution in [3.8, 4) is 17.0 Å². The molecule has 0 unspecified atom stereocenters. The highest BCUT2D eigenvalue weighted by molar-refractivity contribution is 5.81. The van der Waals surface area contributed by atoms with Crippen molar-refractivity contribution in [2.45, 2.75) is 50.4 Å². The molecule has 1 fully saturated rings. The number of rotatable bonds is 4. The molecule has 32 heavy (non-hydrogen) atoms. The molecule has 0 bridgehead atoms. The van der Waals surface area contributed by atoms with Crippen LogP contribution >= 0.6 is 0 Å². The van der Waals surface area contributed by atoms with Crippen molar-refractivity contribution in [3.63, 3.8) is 0 Å². The number of nitrogens with one attached hydrogen (secondary N) is 1. The fourth-order valence-electron chi connectivity index (χ4n) is 3.67. The van der Waals surface area contributed by atoms with Crippen LogP contribution in [0.2, 0.25) is 0 Å². The van der Waals surface area contributed by atoms with Crippen LogP contribution in [0.25, 0.3) is 16.8 Å². The molecule has 1 aliphatic carbocycles. The number of halogens is 6. The van der Waals surface area contributed by atoms with Gasteiger partial charge in [0, 0.05) is 5.56 Å². The Hall–Kier alpha value is -3.09. The molecule has 1 aromatic carbocycles. The molecule has 0 saturated heterocycles. The molecule has 4 rings (SSSR count). The number of nitrogens with zero attached hydrogens (tertiary/aromatic N) is 4. The van der Waals surface area contributed by atoms with E-state index in [4.69, 9.17) is 0 Å². The van der Waals surface area contributed by atoms with Crippen LogP contribution in [0.5, 0.6) is 5.75 Å². The highest BCUT2D eigenvalue weighted by Gasteiger charge is 2.36. The van der Waals surface area contributed by atoms with Crippen LogP contribution in [0, 0.1) is 0 Å². The van der Waals surface area contributed by atoms with Crippen LogP contribution in [0.15, 0.2) is 30.5 Å². The first-order chi connectivity index (χ1) is 15.0. The Kier molecular flexibility index (Phi) is 5.61. The Morgan fingerprint density at radius 2 is 1.78 bits per heavy atom. The molecular formula is C19H17F6N5O2. The summed E-state index contributed by atoms with van der Waals surface area (Å²) in [5.41, 5.74) is -1.59. The van der Waals surface area contributed by atoms with Gasteiger partial charge in [-0.3, -0.25) is 0 Å². The summed E-state index contributed by atoms with van der Waals surface area (Å²) in [5, 5.41) is 25.2. The molecule has 13 heteroatoms. The van der Waals surface area contributed by atoms with E-state index in [2.05, 4.69) is 25.3 Å². The smallest absolute Gasteiger partial charge is 0.405 e. The number of aliphatic hydroxyl groups excluding tert-OH is 1. The molecule has 2 atom stereocenters. The van der Waals surface area contributed by atoms with Crippen LogP contribution < -0.4 is 10.1 Å². The lowest BCUT2D eigenvalue weighted by molar-refractivity contribution is -0.274. The summed E-state index contributed by atoms with van der Waals surface area (Å²) in [4.78, 5) is 0. The average Bonchev–Trinajstić information content (AvgIpc) is 3.19. The quantitative estimate of drug-likeness (QED) is 0.560. The summed E-state index contributed by atoms with van der Waals surface area (Å²) in [6.45, 7) is 0. The molecule has 0 aliphatic heterocycles. The third-order valence-corrected chi connectivity index (χ3v) is 5.16. The number of fused-ring (bicyclic) bond motifs is 1. The minimum Gasteiger partial charge on any atom is -0.405 e. The van der Waals surface area contributed by atoms with Gasteiger partial charge in [-0.15, -0.1) is 23.4 Å².